The Morgan fingerprint density at radius 2 is 1.89 bits per heavy atom. The summed E-state index contributed by atoms with van der Waals surface area (Å²) in [7, 11) is -3.33. The first kappa shape index (κ1) is 25.2. The number of halogens is 1. The molecule has 1 unspecified atom stereocenters. The van der Waals surface area contributed by atoms with Crippen molar-refractivity contribution >= 4 is 39.8 Å². The second-order valence-electron chi connectivity index (χ2n) is 7.87. The molecule has 1 aliphatic rings. The lowest BCUT2D eigenvalue weighted by Gasteiger charge is -2.19. The Bertz CT molecular complexity index is 722. The van der Waals surface area contributed by atoms with Crippen LogP contribution < -0.4 is 10.6 Å². The van der Waals surface area contributed by atoms with Crippen molar-refractivity contribution in [2.24, 2.45) is 4.99 Å². The molecule has 0 radical (unpaired) electrons. The summed E-state index contributed by atoms with van der Waals surface area (Å²) in [5.74, 6) is 0.651. The second-order valence-corrected chi connectivity index (χ2v) is 9.98. The van der Waals surface area contributed by atoms with Gasteiger partial charge in [-0.1, -0.05) is 32.9 Å². The first-order valence-electron chi connectivity index (χ1n) is 9.69. The highest BCUT2D eigenvalue weighted by molar-refractivity contribution is 14.0. The molecule has 0 saturated carbocycles. The van der Waals surface area contributed by atoms with Crippen molar-refractivity contribution in [3.8, 4) is 0 Å². The highest BCUT2D eigenvalue weighted by atomic mass is 127. The number of nitrogens with one attached hydrogen (secondary N) is 2. The van der Waals surface area contributed by atoms with E-state index in [1.54, 1.807) is 12.1 Å². The van der Waals surface area contributed by atoms with Gasteiger partial charge in [0.05, 0.1) is 23.3 Å². The number of benzene rings is 1. The van der Waals surface area contributed by atoms with Gasteiger partial charge in [0.15, 0.2) is 15.8 Å². The molecule has 1 heterocycles. The number of sulfone groups is 1. The summed E-state index contributed by atoms with van der Waals surface area (Å²) >= 11 is 0. The summed E-state index contributed by atoms with van der Waals surface area (Å²) in [4.78, 5) is 4.86. The Kier molecular flexibility index (Phi) is 10.2. The molecule has 28 heavy (non-hydrogen) atoms. The molecule has 1 fully saturated rings. The Hall–Kier alpha value is -0.870. The van der Waals surface area contributed by atoms with Crippen molar-refractivity contribution in [2.75, 3.05) is 32.0 Å². The van der Waals surface area contributed by atoms with Gasteiger partial charge in [-0.25, -0.2) is 8.42 Å². The van der Waals surface area contributed by atoms with Crippen molar-refractivity contribution in [1.82, 2.24) is 10.6 Å². The molecule has 1 saturated heterocycles. The molecule has 8 heteroatoms. The normalized spacial score (nSPS) is 17.9. The molecule has 6 nitrogen and oxygen atoms in total. The minimum Gasteiger partial charge on any atom is -0.376 e. The van der Waals surface area contributed by atoms with E-state index in [9.17, 15) is 8.42 Å². The van der Waals surface area contributed by atoms with Crippen LogP contribution in [0.5, 0.6) is 0 Å². The van der Waals surface area contributed by atoms with Crippen LogP contribution in [0.25, 0.3) is 0 Å². The standard InChI is InChI=1S/C20H33N3O3S.HI/c1-5-21-19(23-15-17-7-6-13-26-17)22-12-14-27(24,25)18-10-8-16(9-11-18)20(2,3)4;/h8-11,17H,5-7,12-15H2,1-4H3,(H2,21,22,23);1H. The maximum atomic E-state index is 12.6. The average molecular weight is 523 g/mol. The topological polar surface area (TPSA) is 79.8 Å². The summed E-state index contributed by atoms with van der Waals surface area (Å²) in [6, 6.07) is 7.19. The monoisotopic (exact) mass is 523 g/mol. The van der Waals surface area contributed by atoms with E-state index in [0.29, 0.717) is 23.9 Å². The van der Waals surface area contributed by atoms with Crippen molar-refractivity contribution in [1.29, 1.82) is 0 Å². The van der Waals surface area contributed by atoms with Crippen LogP contribution in [-0.2, 0) is 20.0 Å². The van der Waals surface area contributed by atoms with E-state index in [0.717, 1.165) is 31.6 Å². The molecule has 0 aliphatic carbocycles. The van der Waals surface area contributed by atoms with E-state index in [1.165, 1.54) is 0 Å². The largest absolute Gasteiger partial charge is 0.376 e. The van der Waals surface area contributed by atoms with Crippen LogP contribution >= 0.6 is 24.0 Å². The first-order valence-corrected chi connectivity index (χ1v) is 11.3. The highest BCUT2D eigenvalue weighted by Crippen LogP contribution is 2.23. The number of aliphatic imine (C=N–C) groups is 1. The maximum absolute atomic E-state index is 12.6. The molecule has 0 bridgehead atoms. The average Bonchev–Trinajstić information content (AvgIpc) is 3.12. The van der Waals surface area contributed by atoms with Crippen molar-refractivity contribution in [3.05, 3.63) is 29.8 Å². The summed E-state index contributed by atoms with van der Waals surface area (Å²) in [5, 5.41) is 6.26. The minimum absolute atomic E-state index is 0. The fraction of sp³-hybridized carbons (Fsp3) is 0.650. The van der Waals surface area contributed by atoms with Gasteiger partial charge in [0.1, 0.15) is 0 Å². The van der Waals surface area contributed by atoms with Crippen LogP contribution in [0.15, 0.2) is 34.2 Å². The molecule has 1 aliphatic heterocycles. The van der Waals surface area contributed by atoms with Crippen molar-refractivity contribution in [2.45, 2.75) is 57.0 Å². The highest BCUT2D eigenvalue weighted by Gasteiger charge is 2.18. The molecule has 0 aromatic heterocycles. The molecular formula is C20H34IN3O3S. The predicted octanol–water partition coefficient (Wildman–Crippen LogP) is 3.11. The predicted molar refractivity (Wildman–Crippen MR) is 126 cm³/mol. The van der Waals surface area contributed by atoms with E-state index in [-0.39, 0.29) is 41.2 Å². The van der Waals surface area contributed by atoms with Crippen LogP contribution in [-0.4, -0.2) is 52.5 Å². The molecule has 1 atom stereocenters. The lowest BCUT2D eigenvalue weighted by Crippen LogP contribution is -2.40. The van der Waals surface area contributed by atoms with Gasteiger partial charge in [-0.2, -0.15) is 0 Å². The van der Waals surface area contributed by atoms with Gasteiger partial charge in [0.2, 0.25) is 0 Å². The van der Waals surface area contributed by atoms with Crippen molar-refractivity contribution < 1.29 is 13.2 Å². The van der Waals surface area contributed by atoms with Crippen LogP contribution in [0, 0.1) is 0 Å². The van der Waals surface area contributed by atoms with Gasteiger partial charge in [-0.3, -0.25) is 4.99 Å². The SMILES string of the molecule is CCNC(=NCC1CCCO1)NCCS(=O)(=O)c1ccc(C(C)(C)C)cc1.I. The number of hydrogen-bond acceptors (Lipinski definition) is 4. The Labute approximate surface area is 186 Å². The number of ether oxygens (including phenoxy) is 1. The Morgan fingerprint density at radius 3 is 2.43 bits per heavy atom. The van der Waals surface area contributed by atoms with Gasteiger partial charge in [0.25, 0.3) is 0 Å². The second kappa shape index (κ2) is 11.3. The van der Waals surface area contributed by atoms with Crippen molar-refractivity contribution in [3.63, 3.8) is 0 Å². The van der Waals surface area contributed by atoms with Crippen LogP contribution in [0.1, 0.15) is 46.1 Å². The van der Waals surface area contributed by atoms with Crippen LogP contribution in [0.4, 0.5) is 0 Å². The fourth-order valence-corrected chi connectivity index (χ4v) is 4.06. The van der Waals surface area contributed by atoms with Gasteiger partial charge < -0.3 is 15.4 Å². The summed E-state index contributed by atoms with van der Waals surface area (Å²) in [6.45, 7) is 10.7. The molecule has 0 amide bonds. The summed E-state index contributed by atoms with van der Waals surface area (Å²) < 4.78 is 30.7. The Morgan fingerprint density at radius 1 is 1.21 bits per heavy atom. The van der Waals surface area contributed by atoms with E-state index in [2.05, 4.69) is 36.4 Å². The number of hydrogen-bond donors (Lipinski definition) is 2. The zero-order chi connectivity index (χ0) is 19.9. The zero-order valence-corrected chi connectivity index (χ0v) is 20.5. The van der Waals surface area contributed by atoms with Gasteiger partial charge in [-0.15, -0.1) is 24.0 Å². The Balaban J connectivity index is 0.00000392. The quantitative estimate of drug-likeness (QED) is 0.326. The minimum atomic E-state index is -3.33. The van der Waals surface area contributed by atoms with E-state index >= 15 is 0 Å². The lowest BCUT2D eigenvalue weighted by molar-refractivity contribution is 0.117. The van der Waals surface area contributed by atoms with E-state index < -0.39 is 9.84 Å². The lowest BCUT2D eigenvalue weighted by atomic mass is 9.87. The fourth-order valence-electron chi connectivity index (χ4n) is 2.91. The van der Waals surface area contributed by atoms with Gasteiger partial charge in [-0.05, 0) is 42.9 Å². The third-order valence-electron chi connectivity index (χ3n) is 4.56. The molecule has 2 rings (SSSR count). The van der Waals surface area contributed by atoms with Gasteiger partial charge >= 0.3 is 0 Å². The van der Waals surface area contributed by atoms with Crippen LogP contribution in [0.2, 0.25) is 0 Å². The van der Waals surface area contributed by atoms with Gasteiger partial charge in [0, 0.05) is 19.7 Å². The number of nitrogens with zero attached hydrogens (tertiary/aromatic N) is 1. The maximum Gasteiger partial charge on any atom is 0.191 e. The van der Waals surface area contributed by atoms with E-state index in [4.69, 9.17) is 4.74 Å². The van der Waals surface area contributed by atoms with E-state index in [1.807, 2.05) is 19.1 Å². The smallest absolute Gasteiger partial charge is 0.191 e. The third-order valence-corrected chi connectivity index (χ3v) is 6.30. The number of guanidine groups is 1. The first-order chi connectivity index (χ1) is 12.7. The molecule has 2 N–H and O–H groups in total. The summed E-state index contributed by atoms with van der Waals surface area (Å²) in [5.41, 5.74) is 1.12. The summed E-state index contributed by atoms with van der Waals surface area (Å²) in [6.07, 6.45) is 2.28. The molecule has 1 aromatic carbocycles. The molecule has 0 spiro atoms. The number of rotatable bonds is 7. The third kappa shape index (κ3) is 7.87. The molecular weight excluding hydrogens is 489 g/mol. The zero-order valence-electron chi connectivity index (χ0n) is 17.3. The molecule has 1 aromatic rings. The van der Waals surface area contributed by atoms with Crippen LogP contribution in [0.3, 0.4) is 0 Å². The molecule has 160 valence electrons.